The van der Waals surface area contributed by atoms with Gasteiger partial charge in [0.2, 0.25) is 0 Å². The van der Waals surface area contributed by atoms with Gasteiger partial charge in [0.05, 0.1) is 25.9 Å². The molecule has 0 aliphatic carbocycles. The average molecular weight is 671 g/mol. The summed E-state index contributed by atoms with van der Waals surface area (Å²) in [6.45, 7) is 1.41. The normalized spacial score (nSPS) is 37.7. The second kappa shape index (κ2) is 11.0. The van der Waals surface area contributed by atoms with E-state index in [0.29, 0.717) is 0 Å². The summed E-state index contributed by atoms with van der Waals surface area (Å²) in [6, 6.07) is 0. The van der Waals surface area contributed by atoms with E-state index >= 15 is 0 Å². The van der Waals surface area contributed by atoms with Gasteiger partial charge in [0.25, 0.3) is 5.56 Å². The number of nitrogens with one attached hydrogen (secondary N) is 1. The number of anilines is 1. The molecule has 0 saturated carbocycles. The lowest BCUT2D eigenvalue weighted by atomic mass is 10.1. The van der Waals surface area contributed by atoms with Crippen molar-refractivity contribution in [2.75, 3.05) is 25.6 Å². The molecule has 0 amide bonds. The Hall–Kier alpha value is -3.20. The van der Waals surface area contributed by atoms with Crippen LogP contribution in [-0.2, 0) is 36.7 Å². The molecule has 3 saturated heterocycles. The third-order valence-electron chi connectivity index (χ3n) is 7.55. The van der Waals surface area contributed by atoms with Crippen LogP contribution in [0.3, 0.4) is 0 Å². The molecular weight excluding hydrogens is 644 g/mol. The smallest absolute Gasteiger partial charge is 0.387 e. The molecule has 242 valence electrons. The Morgan fingerprint density at radius 1 is 0.911 bits per heavy atom. The number of hydrogen-bond acceptors (Lipinski definition) is 17. The average Bonchev–Trinajstić information content (AvgIpc) is 3.72. The Kier molecular flexibility index (Phi) is 7.42. The highest BCUT2D eigenvalue weighted by Gasteiger charge is 2.53. The maximum Gasteiger partial charge on any atom is 0.472 e. The van der Waals surface area contributed by atoms with Gasteiger partial charge < -0.3 is 39.8 Å². The van der Waals surface area contributed by atoms with Crippen LogP contribution in [0.25, 0.3) is 22.3 Å². The monoisotopic (exact) mass is 671 g/mol. The lowest BCUT2D eigenvalue weighted by Crippen LogP contribution is -2.36. The van der Waals surface area contributed by atoms with Gasteiger partial charge in [-0.25, -0.2) is 29.5 Å². The highest BCUT2D eigenvalue weighted by Crippen LogP contribution is 2.54. The van der Waals surface area contributed by atoms with Gasteiger partial charge in [0.1, 0.15) is 54.3 Å². The van der Waals surface area contributed by atoms with Crippen LogP contribution < -0.4 is 11.3 Å². The molecule has 7 rings (SSSR count). The molecule has 3 aliphatic heterocycles. The highest BCUT2D eigenvalue weighted by molar-refractivity contribution is 7.53. The van der Waals surface area contributed by atoms with Crippen LogP contribution in [0.5, 0.6) is 0 Å². The number of nitrogen functional groups attached to an aromatic ring is 1. The minimum Gasteiger partial charge on any atom is -0.387 e. The minimum atomic E-state index is -4.99. The first-order valence-electron chi connectivity index (χ1n) is 13.4. The number of ether oxygens (including phenoxy) is 2. The Labute approximate surface area is 251 Å². The van der Waals surface area contributed by atoms with E-state index in [9.17, 15) is 29.0 Å². The van der Waals surface area contributed by atoms with E-state index in [2.05, 4.69) is 29.9 Å². The number of H-pyrrole nitrogens is 1. The third-order valence-corrected chi connectivity index (χ3v) is 9.78. The number of fused-ring (bicyclic) bond motifs is 5. The Balaban J connectivity index is 1.21. The first-order valence-corrected chi connectivity index (χ1v) is 16.9. The number of aromatic nitrogens is 8. The van der Waals surface area contributed by atoms with E-state index in [1.165, 1.54) is 28.1 Å². The molecule has 4 unspecified atom stereocenters. The van der Waals surface area contributed by atoms with Crippen molar-refractivity contribution in [1.29, 1.82) is 0 Å². The summed E-state index contributed by atoms with van der Waals surface area (Å²) in [4.78, 5) is 46.1. The number of aryl methyl sites for hydroxylation is 1. The Morgan fingerprint density at radius 2 is 1.60 bits per heavy atom. The van der Waals surface area contributed by atoms with Crippen LogP contribution in [0.1, 0.15) is 18.3 Å². The zero-order valence-corrected chi connectivity index (χ0v) is 25.2. The Bertz CT molecular complexity index is 1930. The van der Waals surface area contributed by atoms with Gasteiger partial charge in [-0.05, 0) is 6.92 Å². The number of imidazole rings is 2. The van der Waals surface area contributed by atoms with Crippen molar-refractivity contribution in [3.63, 3.8) is 0 Å². The number of phosphoric acid groups is 1. The van der Waals surface area contributed by atoms with Gasteiger partial charge in [-0.1, -0.05) is 0 Å². The topological polar surface area (TPSA) is 283 Å². The van der Waals surface area contributed by atoms with E-state index in [1.807, 2.05) is 0 Å². The first-order chi connectivity index (χ1) is 21.3. The molecule has 0 aromatic carbocycles. The molecule has 6 N–H and O–H groups in total. The van der Waals surface area contributed by atoms with Gasteiger partial charge in [-0.15, -0.1) is 0 Å². The number of nitrogens with zero attached hydrogens (tertiary/aromatic N) is 7. The molecule has 0 spiro atoms. The molecule has 2 bridgehead atoms. The summed E-state index contributed by atoms with van der Waals surface area (Å²) < 4.78 is 63.2. The second-order valence-electron chi connectivity index (χ2n) is 10.6. The Morgan fingerprint density at radius 3 is 2.38 bits per heavy atom. The molecule has 4 aromatic heterocycles. The number of nitrogens with two attached hydrogens (primary N) is 1. The van der Waals surface area contributed by atoms with E-state index in [4.69, 9.17) is 33.3 Å². The van der Waals surface area contributed by atoms with E-state index in [1.54, 1.807) is 6.92 Å². The summed E-state index contributed by atoms with van der Waals surface area (Å²) in [5, 5.41) is 22.3. The van der Waals surface area contributed by atoms with Crippen molar-refractivity contribution in [3.05, 3.63) is 35.2 Å². The lowest BCUT2D eigenvalue weighted by Gasteiger charge is -2.26. The minimum absolute atomic E-state index is 0.0342. The zero-order chi connectivity index (χ0) is 31.8. The van der Waals surface area contributed by atoms with Crippen LogP contribution in [0.2, 0.25) is 0 Å². The van der Waals surface area contributed by atoms with Crippen LogP contribution in [-0.4, -0.2) is 111 Å². The molecule has 23 heteroatoms. The van der Waals surface area contributed by atoms with Gasteiger partial charge in [0.15, 0.2) is 35.1 Å². The standard InChI is InChI=1S/C22H27N9O12P2/c1-8-28-19-12(20(34)29-8)27-7-31(19)22-16-13(32)9(40-22)3-39-45(36,37)43-15-10(4-38-44(2,35)42-16)41-21(14(15)33)30-6-26-11-17(23)24-5-25-18(11)30/h5-7,9-10,13-16,21-22,32-33H,3-4H2,1-2H3,(H,36,37)(H2,23,24,25)(H,28,29,34)/t9-,10-,13?,14?,15+,16+,21-,22-,44?/m1/s1. The third kappa shape index (κ3) is 5.38. The molecule has 21 nitrogen and oxygen atoms in total. The molecule has 0 radical (unpaired) electrons. The summed E-state index contributed by atoms with van der Waals surface area (Å²) in [7, 11) is -9.07. The molecular formula is C22H27N9O12P2. The van der Waals surface area contributed by atoms with Crippen LogP contribution >= 0.6 is 15.4 Å². The van der Waals surface area contributed by atoms with Gasteiger partial charge in [0, 0.05) is 6.66 Å². The first kappa shape index (κ1) is 30.5. The number of aromatic amines is 1. The summed E-state index contributed by atoms with van der Waals surface area (Å²) in [5.74, 6) is 0.339. The van der Waals surface area contributed by atoms with Gasteiger partial charge >= 0.3 is 15.4 Å². The van der Waals surface area contributed by atoms with E-state index < -0.39 is 83.3 Å². The van der Waals surface area contributed by atoms with Crippen LogP contribution in [0.15, 0.2) is 23.8 Å². The molecule has 7 heterocycles. The molecule has 10 atom stereocenters. The van der Waals surface area contributed by atoms with Crippen molar-refractivity contribution < 1.29 is 51.8 Å². The van der Waals surface area contributed by atoms with Crippen LogP contribution in [0, 0.1) is 6.92 Å². The summed E-state index contributed by atoms with van der Waals surface area (Å²) in [5.41, 5.74) is 5.80. The SMILES string of the molecule is Cc1nc2c(ncn2[C@@H]2O[C@@H]3COP(=O)(O)O[C@@H]4C(O)[C@H](n5cnc6c(N)ncnc65)O[C@@H]4COP(C)(=O)O[C@H]2C3O)c(=O)[nH]1. The fourth-order valence-electron chi connectivity index (χ4n) is 5.50. The fraction of sp³-hybridized carbons (Fsp3) is 0.545. The van der Waals surface area contributed by atoms with Crippen molar-refractivity contribution >= 4 is 43.6 Å². The predicted molar refractivity (Wildman–Crippen MR) is 147 cm³/mol. The number of rotatable bonds is 2. The quantitative estimate of drug-likeness (QED) is 0.161. The maximum absolute atomic E-state index is 13.6. The number of hydrogen-bond donors (Lipinski definition) is 5. The lowest BCUT2D eigenvalue weighted by molar-refractivity contribution is -0.0628. The highest BCUT2D eigenvalue weighted by atomic mass is 31.2. The molecule has 3 fully saturated rings. The molecule has 3 aliphatic rings. The zero-order valence-electron chi connectivity index (χ0n) is 23.4. The van der Waals surface area contributed by atoms with Gasteiger partial charge in [-0.3, -0.25) is 32.1 Å². The second-order valence-corrected chi connectivity index (χ2v) is 14.1. The summed E-state index contributed by atoms with van der Waals surface area (Å²) in [6.07, 6.45) is -7.66. The van der Waals surface area contributed by atoms with Gasteiger partial charge in [-0.2, -0.15) is 0 Å². The summed E-state index contributed by atoms with van der Waals surface area (Å²) >= 11 is 0. The molecule has 45 heavy (non-hydrogen) atoms. The van der Waals surface area contributed by atoms with E-state index in [-0.39, 0.29) is 34.0 Å². The van der Waals surface area contributed by atoms with Crippen molar-refractivity contribution in [1.82, 2.24) is 39.0 Å². The predicted octanol–water partition coefficient (Wildman–Crippen LogP) is -0.893. The molecule has 4 aromatic rings. The van der Waals surface area contributed by atoms with Crippen molar-refractivity contribution in [2.45, 2.75) is 56.0 Å². The largest absolute Gasteiger partial charge is 0.472 e. The number of aliphatic hydroxyl groups excluding tert-OH is 2. The number of phosphoric ester groups is 1. The number of aliphatic hydroxyl groups is 2. The van der Waals surface area contributed by atoms with Crippen molar-refractivity contribution in [3.8, 4) is 0 Å². The maximum atomic E-state index is 13.6. The van der Waals surface area contributed by atoms with E-state index in [0.717, 1.165) is 6.66 Å². The van der Waals surface area contributed by atoms with Crippen molar-refractivity contribution in [2.24, 2.45) is 0 Å². The fourth-order valence-corrected chi connectivity index (χ4v) is 7.61. The van der Waals surface area contributed by atoms with Crippen LogP contribution in [0.4, 0.5) is 5.82 Å².